The van der Waals surface area contributed by atoms with Crippen molar-refractivity contribution in [2.45, 2.75) is 18.6 Å². The van der Waals surface area contributed by atoms with Gasteiger partial charge in [-0.3, -0.25) is 23.7 Å². The lowest BCUT2D eigenvalue weighted by atomic mass is 10.1. The zero-order chi connectivity index (χ0) is 27.5. The Balaban J connectivity index is 1.76. The fraction of sp³-hybridized carbons (Fsp3) is 0.261. The Morgan fingerprint density at radius 3 is 2.41 bits per heavy atom. The SMILES string of the molecule is Cn1c(=O)c2c(CC(=O)NC=NC(C=S)c3cc(F)c(OCC(F)(F)F)c(F)c3)cccc2n(C)c1=O. The van der Waals surface area contributed by atoms with Crippen molar-refractivity contribution in [2.24, 2.45) is 19.1 Å². The third-order valence-electron chi connectivity index (χ3n) is 5.27. The molecule has 1 heterocycles. The molecule has 1 aromatic heterocycles. The molecule has 0 saturated heterocycles. The number of aliphatic imine (C=N–C) groups is 1. The Hall–Kier alpha value is -3.94. The number of fused-ring (bicyclic) bond motifs is 1. The van der Waals surface area contributed by atoms with Gasteiger partial charge in [0.1, 0.15) is 6.04 Å². The Morgan fingerprint density at radius 2 is 1.81 bits per heavy atom. The van der Waals surface area contributed by atoms with Crippen LogP contribution in [0.4, 0.5) is 22.0 Å². The molecule has 3 rings (SSSR count). The second-order valence-electron chi connectivity index (χ2n) is 7.84. The Labute approximate surface area is 211 Å². The van der Waals surface area contributed by atoms with Crippen molar-refractivity contribution in [3.63, 3.8) is 0 Å². The fourth-order valence-electron chi connectivity index (χ4n) is 3.50. The van der Waals surface area contributed by atoms with Crippen molar-refractivity contribution < 1.29 is 31.5 Å². The number of aromatic nitrogens is 2. The molecule has 0 fully saturated rings. The van der Waals surface area contributed by atoms with Crippen LogP contribution < -0.4 is 21.3 Å². The summed E-state index contributed by atoms with van der Waals surface area (Å²) in [4.78, 5) is 41.2. The number of hydrogen-bond donors (Lipinski definition) is 1. The van der Waals surface area contributed by atoms with Crippen LogP contribution in [0.3, 0.4) is 0 Å². The van der Waals surface area contributed by atoms with Gasteiger partial charge in [0.25, 0.3) is 5.56 Å². The van der Waals surface area contributed by atoms with Crippen LogP contribution in [-0.4, -0.2) is 39.5 Å². The minimum absolute atomic E-state index is 0.131. The maximum absolute atomic E-state index is 14.2. The molecule has 0 saturated carbocycles. The molecule has 0 spiro atoms. The highest BCUT2D eigenvalue weighted by atomic mass is 32.1. The molecule has 1 atom stereocenters. The predicted molar refractivity (Wildman–Crippen MR) is 129 cm³/mol. The maximum atomic E-state index is 14.2. The minimum Gasteiger partial charge on any atom is -0.478 e. The quantitative estimate of drug-likeness (QED) is 0.205. The summed E-state index contributed by atoms with van der Waals surface area (Å²) in [7, 11) is 2.81. The number of thiocarbonyl (C=S) groups is 1. The van der Waals surface area contributed by atoms with Crippen molar-refractivity contribution in [2.75, 3.05) is 6.61 Å². The van der Waals surface area contributed by atoms with E-state index in [0.717, 1.165) is 28.4 Å². The van der Waals surface area contributed by atoms with Crippen LogP contribution in [-0.2, 0) is 25.3 Å². The van der Waals surface area contributed by atoms with E-state index in [-0.39, 0.29) is 17.4 Å². The van der Waals surface area contributed by atoms with E-state index in [2.05, 4.69) is 15.0 Å². The summed E-state index contributed by atoms with van der Waals surface area (Å²) in [6.07, 6.45) is -4.10. The first-order chi connectivity index (χ1) is 17.3. The summed E-state index contributed by atoms with van der Waals surface area (Å²) < 4.78 is 71.6. The zero-order valence-corrected chi connectivity index (χ0v) is 20.1. The average Bonchev–Trinajstić information content (AvgIpc) is 2.82. The third kappa shape index (κ3) is 6.25. The molecular formula is C23H19F5N4O4S. The first kappa shape index (κ1) is 27.6. The van der Waals surface area contributed by atoms with Crippen LogP contribution in [0, 0.1) is 11.6 Å². The summed E-state index contributed by atoms with van der Waals surface area (Å²) in [5.41, 5.74) is -0.523. The number of nitrogens with one attached hydrogen (secondary N) is 1. The van der Waals surface area contributed by atoms with E-state index in [1.807, 2.05) is 0 Å². The molecule has 3 aromatic rings. The van der Waals surface area contributed by atoms with Gasteiger partial charge in [-0.2, -0.15) is 13.2 Å². The molecule has 1 N–H and O–H groups in total. The Morgan fingerprint density at radius 1 is 1.16 bits per heavy atom. The normalized spacial score (nSPS) is 12.6. The maximum Gasteiger partial charge on any atom is 0.422 e. The van der Waals surface area contributed by atoms with E-state index < -0.39 is 53.4 Å². The molecule has 196 valence electrons. The van der Waals surface area contributed by atoms with Crippen LogP contribution in [0.1, 0.15) is 17.2 Å². The van der Waals surface area contributed by atoms with Gasteiger partial charge in [-0.05, 0) is 29.3 Å². The summed E-state index contributed by atoms with van der Waals surface area (Å²) in [5, 5.41) is 3.58. The number of amides is 1. The summed E-state index contributed by atoms with van der Waals surface area (Å²) in [6, 6.07) is 5.03. The van der Waals surface area contributed by atoms with Crippen LogP contribution in [0.15, 0.2) is 44.9 Å². The number of hydrogen-bond acceptors (Lipinski definition) is 6. The van der Waals surface area contributed by atoms with Gasteiger partial charge < -0.3 is 10.1 Å². The number of halogens is 5. The van der Waals surface area contributed by atoms with Gasteiger partial charge in [0, 0.05) is 19.5 Å². The molecule has 1 unspecified atom stereocenters. The topological polar surface area (TPSA) is 94.7 Å². The van der Waals surface area contributed by atoms with E-state index in [1.165, 1.54) is 18.7 Å². The molecule has 14 heteroatoms. The third-order valence-corrected chi connectivity index (χ3v) is 5.52. The number of aryl methyl sites for hydroxylation is 1. The van der Waals surface area contributed by atoms with Gasteiger partial charge in [0.05, 0.1) is 23.7 Å². The first-order valence-electron chi connectivity index (χ1n) is 10.5. The van der Waals surface area contributed by atoms with Crippen LogP contribution in [0.5, 0.6) is 5.75 Å². The second kappa shape index (κ2) is 11.0. The number of alkyl halides is 3. The van der Waals surface area contributed by atoms with Crippen molar-refractivity contribution in [1.29, 1.82) is 0 Å². The van der Waals surface area contributed by atoms with Crippen LogP contribution >= 0.6 is 12.2 Å². The highest BCUT2D eigenvalue weighted by Crippen LogP contribution is 2.28. The van der Waals surface area contributed by atoms with Crippen molar-refractivity contribution in [3.05, 3.63) is 73.9 Å². The smallest absolute Gasteiger partial charge is 0.422 e. The van der Waals surface area contributed by atoms with E-state index >= 15 is 0 Å². The molecule has 0 bridgehead atoms. The molecule has 0 aliphatic heterocycles. The van der Waals surface area contributed by atoms with Gasteiger partial charge in [-0.25, -0.2) is 13.6 Å². The van der Waals surface area contributed by atoms with Crippen molar-refractivity contribution >= 4 is 40.7 Å². The molecule has 0 radical (unpaired) electrons. The lowest BCUT2D eigenvalue weighted by Crippen LogP contribution is -2.37. The van der Waals surface area contributed by atoms with Crippen molar-refractivity contribution in [1.82, 2.24) is 14.5 Å². The first-order valence-corrected chi connectivity index (χ1v) is 10.9. The van der Waals surface area contributed by atoms with Gasteiger partial charge in [0.2, 0.25) is 5.91 Å². The number of carbonyl (C=O) groups is 1. The van der Waals surface area contributed by atoms with Gasteiger partial charge >= 0.3 is 11.9 Å². The molecule has 2 aromatic carbocycles. The number of carbonyl (C=O) groups excluding carboxylic acids is 1. The molecule has 8 nitrogen and oxygen atoms in total. The number of benzene rings is 2. The highest BCUT2D eigenvalue weighted by molar-refractivity contribution is 7.79. The molecule has 0 aliphatic carbocycles. The lowest BCUT2D eigenvalue weighted by molar-refractivity contribution is -0.154. The Bertz CT molecular complexity index is 1490. The summed E-state index contributed by atoms with van der Waals surface area (Å²) in [6.45, 7) is -1.87. The molecule has 37 heavy (non-hydrogen) atoms. The number of nitrogens with zero attached hydrogens (tertiary/aromatic N) is 3. The second-order valence-corrected chi connectivity index (χ2v) is 8.11. The van der Waals surface area contributed by atoms with Crippen LogP contribution in [0.25, 0.3) is 10.9 Å². The standard InChI is InChI=1S/C23H19F5N4O4S/c1-31-17-5-3-4-12(19(17)21(34)32(2)22(31)35)8-18(33)30-11-29-16(9-37)13-6-14(24)20(15(25)7-13)36-10-23(26,27)28/h3-7,9,11,16H,8,10H2,1-2H3,(H,29,30,33). The van der Waals surface area contributed by atoms with Gasteiger partial charge in [-0.15, -0.1) is 0 Å². The van der Waals surface area contributed by atoms with E-state index in [9.17, 15) is 36.3 Å². The highest BCUT2D eigenvalue weighted by Gasteiger charge is 2.30. The molecule has 1 amide bonds. The predicted octanol–water partition coefficient (Wildman–Crippen LogP) is 2.88. The van der Waals surface area contributed by atoms with E-state index in [0.29, 0.717) is 11.1 Å². The monoisotopic (exact) mass is 542 g/mol. The van der Waals surface area contributed by atoms with E-state index in [1.54, 1.807) is 18.2 Å². The Kier molecular flexibility index (Phi) is 8.21. The lowest BCUT2D eigenvalue weighted by Gasteiger charge is -2.13. The fourth-order valence-corrected chi connectivity index (χ4v) is 3.73. The van der Waals surface area contributed by atoms with Gasteiger partial charge in [-0.1, -0.05) is 24.4 Å². The van der Waals surface area contributed by atoms with Crippen molar-refractivity contribution in [3.8, 4) is 5.75 Å². The summed E-state index contributed by atoms with van der Waals surface area (Å²) in [5.74, 6) is -4.55. The van der Waals surface area contributed by atoms with E-state index in [4.69, 9.17) is 12.2 Å². The molecule has 0 aliphatic rings. The van der Waals surface area contributed by atoms with Gasteiger partial charge in [0.15, 0.2) is 24.0 Å². The average molecular weight is 542 g/mol. The number of rotatable bonds is 8. The minimum atomic E-state index is -4.79. The van der Waals surface area contributed by atoms with Crippen LogP contribution in [0.2, 0.25) is 0 Å². The molecular weight excluding hydrogens is 523 g/mol. The zero-order valence-electron chi connectivity index (χ0n) is 19.3. The summed E-state index contributed by atoms with van der Waals surface area (Å²) >= 11 is 4.82. The largest absolute Gasteiger partial charge is 0.478 e. The number of ether oxygens (including phenoxy) is 1.